The van der Waals surface area contributed by atoms with Gasteiger partial charge in [0.15, 0.2) is 17.6 Å². The maximum absolute atomic E-state index is 13.0. The lowest BCUT2D eigenvalue weighted by molar-refractivity contribution is -0.139. The molecule has 1 aliphatic heterocycles. The molecule has 0 saturated carbocycles. The molecule has 0 radical (unpaired) electrons. The van der Waals surface area contributed by atoms with Crippen molar-refractivity contribution in [3.05, 3.63) is 59.5 Å². The molecule has 2 heterocycles. The number of oxazole rings is 1. The van der Waals surface area contributed by atoms with Gasteiger partial charge in [-0.25, -0.2) is 4.98 Å². The summed E-state index contributed by atoms with van der Waals surface area (Å²) in [5.41, 5.74) is 3.90. The van der Waals surface area contributed by atoms with Gasteiger partial charge in [-0.15, -0.1) is 0 Å². The smallest absolute Gasteiger partial charge is 0.263 e. The molecule has 5 heteroatoms. The van der Waals surface area contributed by atoms with Gasteiger partial charge < -0.3 is 14.1 Å². The molecule has 5 nitrogen and oxygen atoms in total. The summed E-state index contributed by atoms with van der Waals surface area (Å²) in [4.78, 5) is 19.5. The number of aryl methyl sites for hydroxylation is 1. The van der Waals surface area contributed by atoms with E-state index in [-0.39, 0.29) is 11.8 Å². The molecule has 2 atom stereocenters. The van der Waals surface area contributed by atoms with Gasteiger partial charge in [0.2, 0.25) is 0 Å². The second kappa shape index (κ2) is 7.66. The van der Waals surface area contributed by atoms with Crippen molar-refractivity contribution in [2.45, 2.75) is 45.6 Å². The second-order valence-electron chi connectivity index (χ2n) is 7.60. The van der Waals surface area contributed by atoms with Gasteiger partial charge in [0.25, 0.3) is 5.91 Å². The third-order valence-electron chi connectivity index (χ3n) is 5.60. The average molecular weight is 378 g/mol. The molecule has 2 aromatic carbocycles. The topological polar surface area (TPSA) is 55.6 Å². The molecule has 0 aliphatic carbocycles. The maximum atomic E-state index is 13.0. The number of carbonyl (C=O) groups is 1. The van der Waals surface area contributed by atoms with E-state index < -0.39 is 6.10 Å². The molecular weight excluding hydrogens is 352 g/mol. The number of carbonyl (C=O) groups excluding carboxylic acids is 1. The van der Waals surface area contributed by atoms with Gasteiger partial charge in [-0.05, 0) is 62.9 Å². The summed E-state index contributed by atoms with van der Waals surface area (Å²) in [6, 6.07) is 13.7. The van der Waals surface area contributed by atoms with E-state index in [0.717, 1.165) is 53.3 Å². The minimum atomic E-state index is -0.525. The Labute approximate surface area is 165 Å². The number of rotatable bonds is 4. The number of piperidine rings is 1. The number of para-hydroxylation sites is 2. The molecule has 0 N–H and O–H groups in total. The number of nitrogens with zero attached hydrogens (tertiary/aromatic N) is 2. The number of amides is 1. The van der Waals surface area contributed by atoms with Crippen LogP contribution in [0.1, 0.15) is 42.7 Å². The summed E-state index contributed by atoms with van der Waals surface area (Å²) in [5.74, 6) is 1.63. The SMILES string of the molecule is Cc1cccc(O[C@@H](C)C(=O)N2CCC[C@H](c3nc4ccccc4o3)C2)c1C. The zero-order chi connectivity index (χ0) is 19.7. The summed E-state index contributed by atoms with van der Waals surface area (Å²) in [6.07, 6.45) is 1.39. The second-order valence-corrected chi connectivity index (χ2v) is 7.60. The highest BCUT2D eigenvalue weighted by Crippen LogP contribution is 2.30. The summed E-state index contributed by atoms with van der Waals surface area (Å²) in [6.45, 7) is 7.26. The first kappa shape index (κ1) is 18.5. The third kappa shape index (κ3) is 3.61. The lowest BCUT2D eigenvalue weighted by Crippen LogP contribution is -2.45. The molecule has 3 aromatic rings. The molecule has 146 valence electrons. The van der Waals surface area contributed by atoms with Crippen LogP contribution >= 0.6 is 0 Å². The molecular formula is C23H26N2O3. The molecule has 0 unspecified atom stereocenters. The van der Waals surface area contributed by atoms with Crippen LogP contribution in [-0.4, -0.2) is 35.0 Å². The number of benzene rings is 2. The molecule has 4 rings (SSSR count). The zero-order valence-electron chi connectivity index (χ0n) is 16.6. The van der Waals surface area contributed by atoms with E-state index in [2.05, 4.69) is 4.98 Å². The van der Waals surface area contributed by atoms with Crippen LogP contribution in [0.15, 0.2) is 46.9 Å². The van der Waals surface area contributed by atoms with Crippen molar-refractivity contribution < 1.29 is 13.9 Å². The van der Waals surface area contributed by atoms with Crippen LogP contribution < -0.4 is 4.74 Å². The molecule has 1 saturated heterocycles. The van der Waals surface area contributed by atoms with Crippen LogP contribution in [0.2, 0.25) is 0 Å². The lowest BCUT2D eigenvalue weighted by atomic mass is 9.97. The fraction of sp³-hybridized carbons (Fsp3) is 0.391. The molecule has 0 spiro atoms. The van der Waals surface area contributed by atoms with Crippen molar-refractivity contribution in [1.29, 1.82) is 0 Å². The zero-order valence-corrected chi connectivity index (χ0v) is 16.6. The maximum Gasteiger partial charge on any atom is 0.263 e. The van der Waals surface area contributed by atoms with Gasteiger partial charge in [0.1, 0.15) is 11.3 Å². The summed E-state index contributed by atoms with van der Waals surface area (Å²) < 4.78 is 11.9. The molecule has 1 aromatic heterocycles. The van der Waals surface area contributed by atoms with Crippen LogP contribution in [0.4, 0.5) is 0 Å². The van der Waals surface area contributed by atoms with Gasteiger partial charge in [-0.3, -0.25) is 4.79 Å². The van der Waals surface area contributed by atoms with Crippen LogP contribution in [-0.2, 0) is 4.79 Å². The first-order valence-corrected chi connectivity index (χ1v) is 9.90. The minimum Gasteiger partial charge on any atom is -0.481 e. The van der Waals surface area contributed by atoms with Crippen molar-refractivity contribution in [3.63, 3.8) is 0 Å². The number of ether oxygens (including phenoxy) is 1. The van der Waals surface area contributed by atoms with E-state index in [1.165, 1.54) is 0 Å². The Balaban J connectivity index is 1.46. The predicted molar refractivity (Wildman–Crippen MR) is 109 cm³/mol. The Hall–Kier alpha value is -2.82. The monoisotopic (exact) mass is 378 g/mol. The lowest BCUT2D eigenvalue weighted by Gasteiger charge is -2.33. The molecule has 28 heavy (non-hydrogen) atoms. The Kier molecular flexibility index (Phi) is 5.07. The predicted octanol–water partition coefficient (Wildman–Crippen LogP) is 4.62. The fourth-order valence-corrected chi connectivity index (χ4v) is 3.79. The van der Waals surface area contributed by atoms with Crippen LogP contribution in [0.3, 0.4) is 0 Å². The van der Waals surface area contributed by atoms with E-state index in [4.69, 9.17) is 9.15 Å². The van der Waals surface area contributed by atoms with E-state index in [1.807, 2.05) is 68.1 Å². The van der Waals surface area contributed by atoms with Gasteiger partial charge in [-0.1, -0.05) is 24.3 Å². The largest absolute Gasteiger partial charge is 0.481 e. The first-order valence-electron chi connectivity index (χ1n) is 9.90. The molecule has 0 bridgehead atoms. The van der Waals surface area contributed by atoms with Crippen molar-refractivity contribution in [2.24, 2.45) is 0 Å². The van der Waals surface area contributed by atoms with Crippen LogP contribution in [0.25, 0.3) is 11.1 Å². The van der Waals surface area contributed by atoms with E-state index in [9.17, 15) is 4.79 Å². The average Bonchev–Trinajstić information content (AvgIpc) is 3.15. The number of fused-ring (bicyclic) bond motifs is 1. The van der Waals surface area contributed by atoms with Crippen molar-refractivity contribution >= 4 is 17.0 Å². The summed E-state index contributed by atoms with van der Waals surface area (Å²) >= 11 is 0. The van der Waals surface area contributed by atoms with Gasteiger partial charge in [0.05, 0.1) is 5.92 Å². The Morgan fingerprint density at radius 1 is 1.21 bits per heavy atom. The third-order valence-corrected chi connectivity index (χ3v) is 5.60. The highest BCUT2D eigenvalue weighted by atomic mass is 16.5. The highest BCUT2D eigenvalue weighted by Gasteiger charge is 2.31. The number of hydrogen-bond donors (Lipinski definition) is 0. The van der Waals surface area contributed by atoms with Crippen LogP contribution in [0, 0.1) is 13.8 Å². The van der Waals surface area contributed by atoms with Crippen molar-refractivity contribution in [1.82, 2.24) is 9.88 Å². The van der Waals surface area contributed by atoms with E-state index in [1.54, 1.807) is 0 Å². The number of aromatic nitrogens is 1. The summed E-state index contributed by atoms with van der Waals surface area (Å²) in [7, 11) is 0. The highest BCUT2D eigenvalue weighted by molar-refractivity contribution is 5.81. The first-order chi connectivity index (χ1) is 13.5. The quantitative estimate of drug-likeness (QED) is 0.665. The van der Waals surface area contributed by atoms with Gasteiger partial charge >= 0.3 is 0 Å². The van der Waals surface area contributed by atoms with E-state index >= 15 is 0 Å². The molecule has 1 amide bonds. The minimum absolute atomic E-state index is 0.0155. The standard InChI is InChI=1S/C23H26N2O3/c1-15-8-6-12-20(16(15)2)27-17(3)23(26)25-13-7-9-18(14-25)22-24-19-10-4-5-11-21(19)28-22/h4-6,8,10-12,17-18H,7,9,13-14H2,1-3H3/t17-,18-/m0/s1. The Morgan fingerprint density at radius 3 is 2.86 bits per heavy atom. The normalized spacial score (nSPS) is 18.2. The van der Waals surface area contributed by atoms with Crippen molar-refractivity contribution in [3.8, 4) is 5.75 Å². The van der Waals surface area contributed by atoms with Gasteiger partial charge in [-0.2, -0.15) is 0 Å². The number of likely N-dealkylation sites (tertiary alicyclic amines) is 1. The molecule has 1 fully saturated rings. The fourth-order valence-electron chi connectivity index (χ4n) is 3.79. The van der Waals surface area contributed by atoms with Crippen LogP contribution in [0.5, 0.6) is 5.75 Å². The Morgan fingerprint density at radius 2 is 2.04 bits per heavy atom. The Bertz CT molecular complexity index is 961. The molecule has 1 aliphatic rings. The summed E-state index contributed by atoms with van der Waals surface area (Å²) in [5, 5.41) is 0. The van der Waals surface area contributed by atoms with E-state index in [0.29, 0.717) is 6.54 Å². The van der Waals surface area contributed by atoms with Gasteiger partial charge in [0, 0.05) is 13.1 Å². The van der Waals surface area contributed by atoms with Crippen molar-refractivity contribution in [2.75, 3.05) is 13.1 Å². The number of hydrogen-bond acceptors (Lipinski definition) is 4.